The summed E-state index contributed by atoms with van der Waals surface area (Å²) < 4.78 is 29.1. The summed E-state index contributed by atoms with van der Waals surface area (Å²) in [5, 5.41) is 0. The van der Waals surface area contributed by atoms with Crippen LogP contribution in [0.4, 0.5) is 11.5 Å². The van der Waals surface area contributed by atoms with Gasteiger partial charge in [0, 0.05) is 18.0 Å². The molecule has 11 heteroatoms. The van der Waals surface area contributed by atoms with E-state index in [-0.39, 0.29) is 18.5 Å². The van der Waals surface area contributed by atoms with Gasteiger partial charge in [-0.25, -0.2) is 14.5 Å². The lowest BCUT2D eigenvalue weighted by Crippen LogP contribution is -2.41. The van der Waals surface area contributed by atoms with Gasteiger partial charge in [-0.1, -0.05) is 24.3 Å². The molecule has 0 spiro atoms. The van der Waals surface area contributed by atoms with Crippen LogP contribution >= 0.6 is 7.82 Å². The van der Waals surface area contributed by atoms with Crippen molar-refractivity contribution in [3.8, 4) is 5.88 Å². The predicted octanol–water partition coefficient (Wildman–Crippen LogP) is 5.11. The van der Waals surface area contributed by atoms with Gasteiger partial charge in [0.15, 0.2) is 11.5 Å². The van der Waals surface area contributed by atoms with Gasteiger partial charge in [0.2, 0.25) is 5.88 Å². The highest BCUT2D eigenvalue weighted by atomic mass is 31.2. The summed E-state index contributed by atoms with van der Waals surface area (Å²) in [6.07, 6.45) is 7.34. The molecule has 194 valence electrons. The minimum atomic E-state index is -4.14. The molecule has 1 saturated carbocycles. The quantitative estimate of drug-likeness (QED) is 0.404. The molecule has 3 aromatic rings. The van der Waals surface area contributed by atoms with Crippen molar-refractivity contribution in [1.29, 1.82) is 0 Å². The van der Waals surface area contributed by atoms with Crippen molar-refractivity contribution in [2.75, 3.05) is 5.73 Å². The molecule has 1 aliphatic heterocycles. The zero-order chi connectivity index (χ0) is 26.0. The molecule has 1 aromatic carbocycles. The highest BCUT2D eigenvalue weighted by Crippen LogP contribution is 2.48. The summed E-state index contributed by atoms with van der Waals surface area (Å²) >= 11 is 0. The Hall–Kier alpha value is -3.17. The van der Waals surface area contributed by atoms with Crippen LogP contribution in [-0.4, -0.2) is 37.3 Å². The average Bonchev–Trinajstić information content (AvgIpc) is 2.88. The van der Waals surface area contributed by atoms with E-state index in [4.69, 9.17) is 24.5 Å². The minimum Gasteiger partial charge on any atom is -0.463 e. The van der Waals surface area contributed by atoms with Crippen LogP contribution in [0.1, 0.15) is 62.1 Å². The number of hydrogen-bond acceptors (Lipinski definition) is 9. The first kappa shape index (κ1) is 25.5. The third kappa shape index (κ3) is 5.88. The first-order chi connectivity index (χ1) is 17.7. The Bertz CT molecular complexity index is 1320. The van der Waals surface area contributed by atoms with Crippen molar-refractivity contribution in [3.05, 3.63) is 71.8 Å². The van der Waals surface area contributed by atoms with Crippen LogP contribution in [-0.2, 0) is 20.2 Å². The molecule has 1 fully saturated rings. The fraction of sp³-hybridized carbons (Fsp3) is 0.385. The second-order valence-corrected chi connectivity index (χ2v) is 11.2. The maximum absolute atomic E-state index is 12.4. The monoisotopic (exact) mass is 523 g/mol. The Morgan fingerprint density at radius 2 is 1.78 bits per heavy atom. The number of aromatic nitrogens is 3. The first-order valence-electron chi connectivity index (χ1n) is 12.2. The van der Waals surface area contributed by atoms with Crippen LogP contribution in [0.25, 0.3) is 0 Å². The third-order valence-corrected chi connectivity index (χ3v) is 7.74. The van der Waals surface area contributed by atoms with Gasteiger partial charge in [0.05, 0.1) is 18.4 Å². The van der Waals surface area contributed by atoms with Gasteiger partial charge < -0.3 is 15.4 Å². The lowest BCUT2D eigenvalue weighted by Gasteiger charge is -2.32. The smallest absolute Gasteiger partial charge is 0.463 e. The number of ether oxygens (including phenoxy) is 1. The maximum Gasteiger partial charge on any atom is 0.472 e. The number of phosphoric ester groups is 1. The van der Waals surface area contributed by atoms with Crippen molar-refractivity contribution < 1.29 is 23.2 Å². The Morgan fingerprint density at radius 3 is 2.49 bits per heavy atom. The van der Waals surface area contributed by atoms with Gasteiger partial charge in [-0.2, -0.15) is 4.98 Å². The van der Waals surface area contributed by atoms with E-state index in [1.165, 1.54) is 11.9 Å². The van der Waals surface area contributed by atoms with Crippen molar-refractivity contribution in [2.24, 2.45) is 4.99 Å². The molecular formula is C26H30N5O5P. The molecule has 3 N–H and O–H groups in total. The molecule has 1 atom stereocenters. The number of nitrogens with zero attached hydrogens (tertiary/aromatic N) is 4. The van der Waals surface area contributed by atoms with Gasteiger partial charge >= 0.3 is 7.82 Å². The number of fused-ring (bicyclic) bond motifs is 1. The number of nitrogens with two attached hydrogens (primary N) is 1. The maximum atomic E-state index is 12.4. The highest BCUT2D eigenvalue weighted by molar-refractivity contribution is 7.47. The number of hydrogen-bond donors (Lipinski definition) is 2. The molecule has 0 radical (unpaired) electrons. The molecule has 2 aliphatic rings. The van der Waals surface area contributed by atoms with E-state index in [1.54, 1.807) is 24.5 Å². The van der Waals surface area contributed by atoms with E-state index in [1.807, 2.05) is 26.0 Å². The van der Waals surface area contributed by atoms with E-state index >= 15 is 0 Å². The summed E-state index contributed by atoms with van der Waals surface area (Å²) in [7, 11) is -4.14. The molecule has 2 aromatic heterocycles. The van der Waals surface area contributed by atoms with E-state index in [0.29, 0.717) is 30.3 Å². The lowest BCUT2D eigenvalue weighted by atomic mass is 9.82. The molecular weight excluding hydrogens is 493 g/mol. The summed E-state index contributed by atoms with van der Waals surface area (Å²) in [5.74, 6) is 1.00. The van der Waals surface area contributed by atoms with E-state index < -0.39 is 13.4 Å². The van der Waals surface area contributed by atoms with Gasteiger partial charge in [0.25, 0.3) is 0 Å². The molecule has 0 saturated heterocycles. The molecule has 3 heterocycles. The van der Waals surface area contributed by atoms with Gasteiger partial charge in [0.1, 0.15) is 11.9 Å². The van der Waals surface area contributed by atoms with E-state index in [9.17, 15) is 9.46 Å². The fourth-order valence-electron chi connectivity index (χ4n) is 4.77. The van der Waals surface area contributed by atoms with Gasteiger partial charge in [-0.15, -0.1) is 0 Å². The second kappa shape index (κ2) is 10.3. The van der Waals surface area contributed by atoms with Crippen LogP contribution in [0.5, 0.6) is 5.88 Å². The zero-order valence-electron chi connectivity index (χ0n) is 20.8. The van der Waals surface area contributed by atoms with E-state index in [0.717, 1.165) is 29.7 Å². The van der Waals surface area contributed by atoms with Gasteiger partial charge in [-0.3, -0.25) is 14.0 Å². The number of rotatable bonds is 7. The number of pyridine rings is 1. The fourth-order valence-corrected chi connectivity index (χ4v) is 5.73. The van der Waals surface area contributed by atoms with Crippen molar-refractivity contribution in [2.45, 2.75) is 63.8 Å². The number of anilines is 1. The van der Waals surface area contributed by atoms with Gasteiger partial charge in [-0.05, 0) is 68.7 Å². The lowest BCUT2D eigenvalue weighted by molar-refractivity contribution is 0.0755. The zero-order valence-corrected chi connectivity index (χ0v) is 21.7. The van der Waals surface area contributed by atoms with Crippen LogP contribution in [0.2, 0.25) is 0 Å². The molecule has 5 rings (SSSR count). The third-order valence-electron chi connectivity index (χ3n) is 6.72. The standard InChI is InChI=1S/C26H30N5O5P/c1-26(2)23(31-22-24(27)29-16-30-25(22)35-26)20-5-3-18(4-6-20)19-7-9-21(10-8-19)36-37(32,33)34-15-17-11-13-28-14-12-17/h3-6,11-14,16,19,21H,7-10,15H2,1-2H3,(H,32,33)(H2,27,29,30). The van der Waals surface area contributed by atoms with Crippen molar-refractivity contribution in [1.82, 2.24) is 15.0 Å². The average molecular weight is 524 g/mol. The predicted molar refractivity (Wildman–Crippen MR) is 139 cm³/mol. The van der Waals surface area contributed by atoms with Crippen LogP contribution in [0.15, 0.2) is 60.1 Å². The van der Waals surface area contributed by atoms with Crippen LogP contribution in [0.3, 0.4) is 0 Å². The Balaban J connectivity index is 1.20. The minimum absolute atomic E-state index is 0.00364. The Labute approximate surface area is 215 Å². The molecule has 0 amide bonds. The van der Waals surface area contributed by atoms with E-state index in [2.05, 4.69) is 27.1 Å². The topological polar surface area (TPSA) is 142 Å². The summed E-state index contributed by atoms with van der Waals surface area (Å²) in [6.45, 7) is 3.89. The largest absolute Gasteiger partial charge is 0.472 e. The Kier molecular flexibility index (Phi) is 7.09. The summed E-state index contributed by atoms with van der Waals surface area (Å²) in [6, 6.07) is 11.8. The van der Waals surface area contributed by atoms with Crippen LogP contribution < -0.4 is 10.5 Å². The normalized spacial score (nSPS) is 22.3. The molecule has 10 nitrogen and oxygen atoms in total. The molecule has 1 aliphatic carbocycles. The number of aliphatic imine (C=N–C) groups is 1. The molecule has 37 heavy (non-hydrogen) atoms. The number of benzene rings is 1. The number of phosphoric acid groups is 1. The summed E-state index contributed by atoms with van der Waals surface area (Å²) in [5.41, 5.74) is 9.43. The first-order valence-corrected chi connectivity index (χ1v) is 13.7. The summed E-state index contributed by atoms with van der Waals surface area (Å²) in [4.78, 5) is 27.0. The number of nitrogen functional groups attached to an aromatic ring is 1. The molecule has 0 bridgehead atoms. The Morgan fingerprint density at radius 1 is 1.08 bits per heavy atom. The second-order valence-electron chi connectivity index (χ2n) is 9.78. The highest BCUT2D eigenvalue weighted by Gasteiger charge is 2.35. The van der Waals surface area contributed by atoms with Crippen molar-refractivity contribution in [3.63, 3.8) is 0 Å². The molecule has 1 unspecified atom stereocenters. The SMILES string of the molecule is CC1(C)Oc2ncnc(N)c2N=C1c1ccc(C2CCC(OP(=O)(O)OCc3ccncc3)CC2)cc1. The van der Waals surface area contributed by atoms with Crippen LogP contribution in [0, 0.1) is 0 Å². The van der Waals surface area contributed by atoms with Crippen molar-refractivity contribution >= 4 is 25.0 Å².